The minimum absolute atomic E-state index is 0.105. The Morgan fingerprint density at radius 1 is 1.26 bits per heavy atom. The van der Waals surface area contributed by atoms with Crippen molar-refractivity contribution in [2.45, 2.75) is 44.1 Å². The number of carbonyl (C=O) groups is 1. The van der Waals surface area contributed by atoms with Gasteiger partial charge in [0.2, 0.25) is 5.91 Å². The molecule has 5 heteroatoms. The van der Waals surface area contributed by atoms with Gasteiger partial charge in [0.05, 0.1) is 20.3 Å². The number of amides is 1. The Hall–Kier alpha value is -1.75. The van der Waals surface area contributed by atoms with Crippen LogP contribution in [-0.2, 0) is 16.0 Å². The van der Waals surface area contributed by atoms with Crippen LogP contribution in [0.2, 0.25) is 0 Å². The third-order valence-electron chi connectivity index (χ3n) is 4.83. The minimum atomic E-state index is 0.105. The molecule has 0 bridgehead atoms. The maximum absolute atomic E-state index is 12.2. The molecular formula is C18H25NO4. The Kier molecular flexibility index (Phi) is 5.06. The predicted molar refractivity (Wildman–Crippen MR) is 87.2 cm³/mol. The second-order valence-corrected chi connectivity index (χ2v) is 6.28. The molecule has 0 spiro atoms. The molecule has 1 aromatic carbocycles. The van der Waals surface area contributed by atoms with E-state index in [9.17, 15) is 4.79 Å². The highest BCUT2D eigenvalue weighted by atomic mass is 16.5. The second-order valence-electron chi connectivity index (χ2n) is 6.28. The summed E-state index contributed by atoms with van der Waals surface area (Å²) in [4.78, 5) is 12.2. The van der Waals surface area contributed by atoms with Gasteiger partial charge in [-0.2, -0.15) is 0 Å². The van der Waals surface area contributed by atoms with E-state index in [1.807, 2.05) is 12.1 Å². The third-order valence-corrected chi connectivity index (χ3v) is 4.83. The molecule has 2 unspecified atom stereocenters. The van der Waals surface area contributed by atoms with Gasteiger partial charge >= 0.3 is 0 Å². The first-order valence-electron chi connectivity index (χ1n) is 8.34. The highest BCUT2D eigenvalue weighted by Gasteiger charge is 2.27. The van der Waals surface area contributed by atoms with Crippen LogP contribution in [0.1, 0.15) is 42.7 Å². The van der Waals surface area contributed by atoms with Gasteiger partial charge in [0.25, 0.3) is 0 Å². The molecule has 1 aliphatic heterocycles. The molecule has 3 rings (SSSR count). The molecule has 1 aromatic rings. The predicted octanol–water partition coefficient (Wildman–Crippen LogP) is 2.42. The maximum atomic E-state index is 12.2. The van der Waals surface area contributed by atoms with E-state index in [1.54, 1.807) is 14.2 Å². The zero-order chi connectivity index (χ0) is 16.2. The van der Waals surface area contributed by atoms with Crippen molar-refractivity contribution >= 4 is 5.91 Å². The quantitative estimate of drug-likeness (QED) is 0.875. The van der Waals surface area contributed by atoms with Gasteiger partial charge in [-0.15, -0.1) is 0 Å². The van der Waals surface area contributed by atoms with E-state index in [2.05, 4.69) is 5.32 Å². The van der Waals surface area contributed by atoms with Crippen molar-refractivity contribution in [2.24, 2.45) is 0 Å². The highest BCUT2D eigenvalue weighted by Crippen LogP contribution is 2.41. The molecule has 1 aliphatic carbocycles. The van der Waals surface area contributed by atoms with Crippen molar-refractivity contribution in [1.82, 2.24) is 5.32 Å². The number of rotatable bonds is 6. The monoisotopic (exact) mass is 319 g/mol. The smallest absolute Gasteiger partial charge is 0.220 e. The molecule has 2 atom stereocenters. The molecule has 0 aromatic heterocycles. The number of hydrogen-bond acceptors (Lipinski definition) is 4. The van der Waals surface area contributed by atoms with Gasteiger partial charge in [0.15, 0.2) is 11.5 Å². The third kappa shape index (κ3) is 3.61. The van der Waals surface area contributed by atoms with Gasteiger partial charge in [-0.1, -0.05) is 0 Å². The normalized spacial score (nSPS) is 22.7. The molecular weight excluding hydrogens is 294 g/mol. The molecule has 5 nitrogen and oxygen atoms in total. The van der Waals surface area contributed by atoms with Crippen molar-refractivity contribution < 1.29 is 19.0 Å². The average molecular weight is 319 g/mol. The SMILES string of the molecule is COc1cc2c(cc1OC)C(CC(=O)NCC1CCCO1)CC2. The Morgan fingerprint density at radius 2 is 2.04 bits per heavy atom. The van der Waals surface area contributed by atoms with Crippen LogP contribution in [-0.4, -0.2) is 39.4 Å². The second kappa shape index (κ2) is 7.21. The maximum Gasteiger partial charge on any atom is 0.220 e. The summed E-state index contributed by atoms with van der Waals surface area (Å²) in [5.74, 6) is 1.86. The van der Waals surface area contributed by atoms with Gasteiger partial charge in [-0.25, -0.2) is 0 Å². The Balaban J connectivity index is 1.61. The van der Waals surface area contributed by atoms with Crippen molar-refractivity contribution in [1.29, 1.82) is 0 Å². The molecule has 23 heavy (non-hydrogen) atoms. The van der Waals surface area contributed by atoms with Crippen LogP contribution in [0.5, 0.6) is 11.5 Å². The van der Waals surface area contributed by atoms with Crippen LogP contribution in [0.25, 0.3) is 0 Å². The summed E-state index contributed by atoms with van der Waals surface area (Å²) in [6, 6.07) is 4.07. The summed E-state index contributed by atoms with van der Waals surface area (Å²) in [5.41, 5.74) is 2.48. The number of hydrogen-bond donors (Lipinski definition) is 1. The topological polar surface area (TPSA) is 56.8 Å². The van der Waals surface area contributed by atoms with Gasteiger partial charge in [0.1, 0.15) is 0 Å². The van der Waals surface area contributed by atoms with Crippen molar-refractivity contribution in [2.75, 3.05) is 27.4 Å². The lowest BCUT2D eigenvalue weighted by Gasteiger charge is -2.16. The zero-order valence-corrected chi connectivity index (χ0v) is 13.9. The van der Waals surface area contributed by atoms with Gasteiger partial charge < -0.3 is 19.5 Å². The summed E-state index contributed by atoms with van der Waals surface area (Å²) in [6.07, 6.45) is 4.84. The number of benzene rings is 1. The fourth-order valence-corrected chi connectivity index (χ4v) is 3.56. The number of nitrogens with one attached hydrogen (secondary N) is 1. The molecule has 1 saturated heterocycles. The highest BCUT2D eigenvalue weighted by molar-refractivity contribution is 5.77. The zero-order valence-electron chi connectivity index (χ0n) is 13.9. The average Bonchev–Trinajstić information content (AvgIpc) is 3.21. The number of methoxy groups -OCH3 is 2. The van der Waals surface area contributed by atoms with E-state index in [0.29, 0.717) is 13.0 Å². The molecule has 126 valence electrons. The Bertz CT molecular complexity index is 566. The van der Waals surface area contributed by atoms with E-state index in [1.165, 1.54) is 11.1 Å². The molecule has 1 heterocycles. The Labute approximate surface area is 137 Å². The van der Waals surface area contributed by atoms with Crippen LogP contribution in [0.15, 0.2) is 12.1 Å². The van der Waals surface area contributed by atoms with Crippen molar-refractivity contribution in [3.63, 3.8) is 0 Å². The molecule has 1 N–H and O–H groups in total. The number of fused-ring (bicyclic) bond motifs is 1. The molecule has 1 fully saturated rings. The standard InChI is InChI=1S/C18H25NO4/c1-21-16-8-12-5-6-13(15(12)10-17(16)22-2)9-18(20)19-11-14-4-3-7-23-14/h8,10,13-14H,3-7,9,11H2,1-2H3,(H,19,20). The Morgan fingerprint density at radius 3 is 2.74 bits per heavy atom. The van der Waals surface area contributed by atoms with E-state index in [-0.39, 0.29) is 17.9 Å². The van der Waals surface area contributed by atoms with E-state index in [4.69, 9.17) is 14.2 Å². The molecule has 0 radical (unpaired) electrons. The first-order chi connectivity index (χ1) is 11.2. The van der Waals surface area contributed by atoms with Crippen LogP contribution in [0, 0.1) is 0 Å². The number of aryl methyl sites for hydroxylation is 1. The summed E-state index contributed by atoms with van der Waals surface area (Å²) >= 11 is 0. The fourth-order valence-electron chi connectivity index (χ4n) is 3.56. The van der Waals surface area contributed by atoms with E-state index >= 15 is 0 Å². The number of ether oxygens (including phenoxy) is 3. The van der Waals surface area contributed by atoms with Gasteiger partial charge in [0, 0.05) is 19.6 Å². The van der Waals surface area contributed by atoms with E-state index in [0.717, 1.165) is 43.8 Å². The summed E-state index contributed by atoms with van der Waals surface area (Å²) in [6.45, 7) is 1.45. The van der Waals surface area contributed by atoms with Gasteiger partial charge in [-0.3, -0.25) is 4.79 Å². The lowest BCUT2D eigenvalue weighted by molar-refractivity contribution is -0.122. The first kappa shape index (κ1) is 16.1. The molecule has 2 aliphatic rings. The van der Waals surface area contributed by atoms with E-state index < -0.39 is 0 Å². The molecule has 0 saturated carbocycles. The largest absolute Gasteiger partial charge is 0.493 e. The van der Waals surface area contributed by atoms with Crippen molar-refractivity contribution in [3.05, 3.63) is 23.3 Å². The lowest BCUT2D eigenvalue weighted by Crippen LogP contribution is -2.32. The summed E-state index contributed by atoms with van der Waals surface area (Å²) in [7, 11) is 3.29. The van der Waals surface area contributed by atoms with Crippen LogP contribution in [0.3, 0.4) is 0 Å². The van der Waals surface area contributed by atoms with Crippen molar-refractivity contribution in [3.8, 4) is 11.5 Å². The lowest BCUT2D eigenvalue weighted by atomic mass is 9.97. The van der Waals surface area contributed by atoms with Crippen LogP contribution in [0.4, 0.5) is 0 Å². The summed E-state index contributed by atoms with van der Waals surface area (Å²) < 4.78 is 16.3. The van der Waals surface area contributed by atoms with Gasteiger partial charge in [-0.05, 0) is 54.9 Å². The minimum Gasteiger partial charge on any atom is -0.493 e. The summed E-state index contributed by atoms with van der Waals surface area (Å²) in [5, 5.41) is 3.01. The fraction of sp³-hybridized carbons (Fsp3) is 0.611. The van der Waals surface area contributed by atoms with Crippen LogP contribution >= 0.6 is 0 Å². The number of carbonyl (C=O) groups excluding carboxylic acids is 1. The first-order valence-corrected chi connectivity index (χ1v) is 8.34. The molecule has 1 amide bonds. The van der Waals surface area contributed by atoms with Crippen LogP contribution < -0.4 is 14.8 Å².